The summed E-state index contributed by atoms with van der Waals surface area (Å²) in [4.78, 5) is 81.1. The molecule has 0 heterocycles. The van der Waals surface area contributed by atoms with Crippen molar-refractivity contribution in [3.05, 3.63) is 51.6 Å². The van der Waals surface area contributed by atoms with Crippen molar-refractivity contribution in [2.45, 2.75) is 24.5 Å². The molecule has 3 aliphatic carbocycles. The average molecular weight is 579 g/mol. The minimum Gasteiger partial charge on any atom is -0.502 e. The molecule has 1 amide bonds. The number of carbonyl (C=O) groups excluding carboxylic acids is 5. The summed E-state index contributed by atoms with van der Waals surface area (Å²) in [5.74, 6) is -12.5. The number of nitro groups is 1. The van der Waals surface area contributed by atoms with E-state index in [-0.39, 0.29) is 18.4 Å². The minimum absolute atomic E-state index is 0.0117. The lowest BCUT2D eigenvalue weighted by atomic mass is 9.52. The lowest BCUT2D eigenvalue weighted by Gasteiger charge is -2.52. The highest BCUT2D eigenvalue weighted by Crippen LogP contribution is 2.53. The molecule has 4 unspecified atom stereocenters. The molecule has 2 saturated carbocycles. The van der Waals surface area contributed by atoms with Crippen LogP contribution < -0.4 is 10.6 Å². The Morgan fingerprint density at radius 1 is 1.07 bits per heavy atom. The molecule has 6 atom stereocenters. The van der Waals surface area contributed by atoms with Crippen LogP contribution in [0.2, 0.25) is 0 Å². The van der Waals surface area contributed by atoms with Crippen LogP contribution in [-0.4, -0.2) is 88.9 Å². The number of nitrogens with zero attached hydrogens (tertiary/aromatic N) is 3. The molecule has 0 saturated heterocycles. The van der Waals surface area contributed by atoms with Gasteiger partial charge in [-0.05, 0) is 61.7 Å². The molecule has 220 valence electrons. The second kappa shape index (κ2) is 9.81. The molecule has 2 aromatic rings. The number of hydrogen-bond acceptors (Lipinski definition) is 11. The van der Waals surface area contributed by atoms with Gasteiger partial charge in [0, 0.05) is 31.8 Å². The molecule has 5 rings (SSSR count). The van der Waals surface area contributed by atoms with E-state index >= 15 is 0 Å². The maximum Gasteiger partial charge on any atom is 0.312 e. The molecule has 0 aliphatic heterocycles. The molecule has 42 heavy (non-hydrogen) atoms. The minimum atomic E-state index is -2.88. The molecule has 0 bridgehead atoms. The number of aliphatic hydroxyl groups is 1. The second-order valence-electron chi connectivity index (χ2n) is 11.6. The third-order valence-corrected chi connectivity index (χ3v) is 8.93. The van der Waals surface area contributed by atoms with Crippen LogP contribution >= 0.6 is 0 Å². The first kappa shape index (κ1) is 29.0. The summed E-state index contributed by atoms with van der Waals surface area (Å²) in [7, 11) is 6.69. The van der Waals surface area contributed by atoms with Gasteiger partial charge in [0.25, 0.3) is 0 Å². The van der Waals surface area contributed by atoms with E-state index in [4.69, 9.17) is 5.73 Å². The molecule has 3 aliphatic rings. The summed E-state index contributed by atoms with van der Waals surface area (Å²) in [6, 6.07) is 6.97. The number of rotatable bonds is 5. The van der Waals surface area contributed by atoms with Crippen molar-refractivity contribution < 1.29 is 39.1 Å². The van der Waals surface area contributed by atoms with E-state index in [2.05, 4.69) is 0 Å². The number of fused-ring (bicyclic) bond motifs is 3. The smallest absolute Gasteiger partial charge is 0.312 e. The molecular weight excluding hydrogens is 548 g/mol. The molecule has 13 heteroatoms. The number of Topliss-reactive ketones (excluding diaryl/α,β-unsaturated/α-hetero) is 4. The van der Waals surface area contributed by atoms with Gasteiger partial charge in [-0.1, -0.05) is 12.1 Å². The predicted molar refractivity (Wildman–Crippen MR) is 148 cm³/mol. The number of ketones is 4. The second-order valence-corrected chi connectivity index (χ2v) is 11.6. The van der Waals surface area contributed by atoms with E-state index in [0.29, 0.717) is 11.1 Å². The summed E-state index contributed by atoms with van der Waals surface area (Å²) < 4.78 is 0. The Bertz CT molecular complexity index is 1580. The maximum atomic E-state index is 14.0. The zero-order chi connectivity index (χ0) is 31.0. The number of phenols is 1. The fourth-order valence-electron chi connectivity index (χ4n) is 6.99. The van der Waals surface area contributed by atoms with Crippen LogP contribution in [0.15, 0.2) is 30.3 Å². The number of aromatic hydroxyl groups is 1. The number of hydrogen-bond donors (Lipinski definition) is 3. The maximum absolute atomic E-state index is 14.0. The summed E-state index contributed by atoms with van der Waals surface area (Å²) >= 11 is 0. The number of nitrogens with two attached hydrogens (primary N) is 1. The first-order chi connectivity index (χ1) is 19.6. The number of benzene rings is 2. The topological polar surface area (TPSA) is 201 Å². The zero-order valence-electron chi connectivity index (χ0n) is 23.4. The van der Waals surface area contributed by atoms with Gasteiger partial charge in [0.1, 0.15) is 0 Å². The first-order valence-electron chi connectivity index (χ1n) is 13.3. The number of carbonyl (C=O) groups is 5. The van der Waals surface area contributed by atoms with Crippen LogP contribution in [0.1, 0.15) is 22.3 Å². The van der Waals surface area contributed by atoms with Gasteiger partial charge in [0.15, 0.2) is 34.7 Å². The molecule has 0 radical (unpaired) electrons. The van der Waals surface area contributed by atoms with Gasteiger partial charge in [-0.3, -0.25) is 39.0 Å². The van der Waals surface area contributed by atoms with Crippen molar-refractivity contribution in [2.24, 2.45) is 29.4 Å². The molecule has 0 aromatic heterocycles. The van der Waals surface area contributed by atoms with Crippen molar-refractivity contribution in [3.8, 4) is 16.9 Å². The SMILES string of the molecule is CN(C)c1ccc(-c2cc([N+](=O)[O-])c(O)c3c2CC2CC4[C@H](N(C)C)C(=O)C(C(N)=O)C(=O)[C@@]4(O)C(=O)C2C3=O)cc1. The Balaban J connectivity index is 1.70. The fraction of sp³-hybridized carbons (Fsp3) is 0.414. The van der Waals surface area contributed by atoms with Crippen molar-refractivity contribution in [2.75, 3.05) is 33.1 Å². The quantitative estimate of drug-likeness (QED) is 0.253. The number of anilines is 1. The number of likely N-dealkylation sites (N-methyl/N-ethyl adjacent to an activating group) is 1. The normalized spacial score (nSPS) is 28.7. The van der Waals surface area contributed by atoms with Gasteiger partial charge in [0.2, 0.25) is 11.7 Å². The summed E-state index contributed by atoms with van der Waals surface area (Å²) in [5.41, 5.74) is 3.26. The third kappa shape index (κ3) is 3.95. The van der Waals surface area contributed by atoms with Crippen LogP contribution in [0, 0.1) is 33.8 Å². The molecule has 4 N–H and O–H groups in total. The van der Waals surface area contributed by atoms with Gasteiger partial charge < -0.3 is 20.8 Å². The highest BCUT2D eigenvalue weighted by atomic mass is 16.6. The lowest BCUT2D eigenvalue weighted by Crippen LogP contribution is -2.74. The molecule has 0 spiro atoms. The predicted octanol–water partition coefficient (Wildman–Crippen LogP) is 0.508. The van der Waals surface area contributed by atoms with Gasteiger partial charge in [-0.15, -0.1) is 0 Å². The van der Waals surface area contributed by atoms with E-state index in [1.807, 2.05) is 19.0 Å². The molecule has 13 nitrogen and oxygen atoms in total. The number of nitro benzene ring substituents is 1. The van der Waals surface area contributed by atoms with Gasteiger partial charge >= 0.3 is 5.69 Å². The zero-order valence-corrected chi connectivity index (χ0v) is 23.4. The first-order valence-corrected chi connectivity index (χ1v) is 13.3. The Morgan fingerprint density at radius 3 is 2.21 bits per heavy atom. The van der Waals surface area contributed by atoms with Gasteiger partial charge in [-0.25, -0.2) is 0 Å². The Kier molecular flexibility index (Phi) is 6.78. The number of primary amides is 1. The van der Waals surface area contributed by atoms with E-state index in [0.717, 1.165) is 5.69 Å². The van der Waals surface area contributed by atoms with Gasteiger partial charge in [0.05, 0.1) is 22.4 Å². The highest BCUT2D eigenvalue weighted by Gasteiger charge is 2.69. The lowest BCUT2D eigenvalue weighted by molar-refractivity contribution is -0.385. The van der Waals surface area contributed by atoms with Crippen molar-refractivity contribution >= 4 is 40.4 Å². The third-order valence-electron chi connectivity index (χ3n) is 8.93. The highest BCUT2D eigenvalue weighted by molar-refractivity contribution is 6.32. The van der Waals surface area contributed by atoms with Crippen molar-refractivity contribution in [1.29, 1.82) is 0 Å². The molecule has 2 aromatic carbocycles. The standard InChI is InChI=1S/C29H30N4O9/c1-31(2)14-7-5-12(6-8-14)15-11-18(33(41)42)23(34)20-16(15)9-13-10-17-22(32(3)4)25(36)21(28(30)39)27(38)29(17,40)26(37)19(13)24(20)35/h5-8,11,13,17,19,21-22,34,40H,9-10H2,1-4H3,(H2,30,39)/t13?,17?,19?,21?,22-,29-/m0/s1. The van der Waals surface area contributed by atoms with Crippen LogP contribution in [0.4, 0.5) is 11.4 Å². The van der Waals surface area contributed by atoms with Crippen LogP contribution in [0.25, 0.3) is 11.1 Å². The van der Waals surface area contributed by atoms with Gasteiger partial charge in [-0.2, -0.15) is 0 Å². The Morgan fingerprint density at radius 2 is 1.69 bits per heavy atom. The monoisotopic (exact) mass is 578 g/mol. The molecular formula is C29H30N4O9. The van der Waals surface area contributed by atoms with E-state index in [1.165, 1.54) is 25.1 Å². The van der Waals surface area contributed by atoms with E-state index in [9.17, 15) is 44.3 Å². The fourth-order valence-corrected chi connectivity index (χ4v) is 6.99. The Hall–Kier alpha value is -4.49. The summed E-state index contributed by atoms with van der Waals surface area (Å²) in [6.07, 6.45) is -0.136. The van der Waals surface area contributed by atoms with Crippen LogP contribution in [0.3, 0.4) is 0 Å². The largest absolute Gasteiger partial charge is 0.502 e. The number of phenolic OH excluding ortho intramolecular Hbond substituents is 1. The Labute approximate surface area is 240 Å². The summed E-state index contributed by atoms with van der Waals surface area (Å²) in [5, 5.41) is 34.5. The van der Waals surface area contributed by atoms with E-state index < -0.39 is 86.3 Å². The van der Waals surface area contributed by atoms with Crippen LogP contribution in [0.5, 0.6) is 5.75 Å². The molecule has 2 fully saturated rings. The van der Waals surface area contributed by atoms with Crippen molar-refractivity contribution in [3.63, 3.8) is 0 Å². The van der Waals surface area contributed by atoms with E-state index in [1.54, 1.807) is 24.3 Å². The van der Waals surface area contributed by atoms with Crippen LogP contribution in [-0.2, 0) is 25.6 Å². The average Bonchev–Trinajstić information content (AvgIpc) is 2.90. The number of amides is 1. The summed E-state index contributed by atoms with van der Waals surface area (Å²) in [6.45, 7) is 0. The van der Waals surface area contributed by atoms with Crippen molar-refractivity contribution in [1.82, 2.24) is 4.90 Å².